The van der Waals surface area contributed by atoms with E-state index >= 15 is 0 Å². The molecule has 0 saturated carbocycles. The number of furan rings is 2. The lowest BCUT2D eigenvalue weighted by molar-refractivity contribution is 0.0152. The molecule has 5 aromatic rings. The maximum atomic E-state index is 13.3. The smallest absolute Gasteiger partial charge is 0.415 e. The van der Waals surface area contributed by atoms with Gasteiger partial charge in [-0.2, -0.15) is 0 Å². The maximum absolute atomic E-state index is 13.3. The lowest BCUT2D eigenvalue weighted by Gasteiger charge is -2.35. The molecule has 0 unspecified atom stereocenters. The Balaban J connectivity index is 0.000000197. The highest BCUT2D eigenvalue weighted by atomic mass is 35.5. The molecule has 3 saturated heterocycles. The van der Waals surface area contributed by atoms with Crippen molar-refractivity contribution < 1.29 is 66.1 Å². The topological polar surface area (TPSA) is 216 Å². The Morgan fingerprint density at radius 2 is 0.959 bits per heavy atom. The first-order chi connectivity index (χ1) is 35.0. The zero-order chi connectivity index (χ0) is 53.6. The van der Waals surface area contributed by atoms with Crippen LogP contribution in [0.4, 0.5) is 24.0 Å². The number of halogens is 1. The molecule has 4 aliphatic rings. The van der Waals surface area contributed by atoms with Gasteiger partial charge in [-0.1, -0.05) is 48.5 Å². The molecule has 5 amide bonds. The van der Waals surface area contributed by atoms with Crippen molar-refractivity contribution in [3.8, 4) is 11.5 Å². The number of carbonyl (C=O) groups excluding carboxylic acids is 8. The number of amides is 5. The number of benzene rings is 3. The van der Waals surface area contributed by atoms with Crippen LogP contribution in [-0.2, 0) is 15.9 Å². The molecule has 0 bridgehead atoms. The molecule has 5 heterocycles. The summed E-state index contributed by atoms with van der Waals surface area (Å²) in [6.45, 7) is 17.8. The summed E-state index contributed by atoms with van der Waals surface area (Å²) in [5.41, 5.74) is 1.49. The number of carbonyl (C=O) groups is 8. The minimum absolute atomic E-state index is 0.0499. The number of ether oxygens (including phenoxy) is 4. The zero-order valence-corrected chi connectivity index (χ0v) is 43.8. The second kappa shape index (κ2) is 22.8. The van der Waals surface area contributed by atoms with E-state index in [2.05, 4.69) is 0 Å². The Bertz CT molecular complexity index is 2960. The minimum atomic E-state index is -0.626. The average Bonchev–Trinajstić information content (AvgIpc) is 4.01. The number of ketones is 3. The fourth-order valence-corrected chi connectivity index (χ4v) is 8.75. The number of fused-ring (bicyclic) bond motifs is 4. The number of rotatable bonds is 4. The summed E-state index contributed by atoms with van der Waals surface area (Å²) >= 11 is 5.34. The van der Waals surface area contributed by atoms with Gasteiger partial charge in [-0.05, 0) is 90.1 Å². The van der Waals surface area contributed by atoms with E-state index in [9.17, 15) is 38.4 Å². The number of likely N-dealkylation sites (tertiary alicyclic amines) is 1. The summed E-state index contributed by atoms with van der Waals surface area (Å²) in [6, 6.07) is 17.7. The number of nitrogens with zero attached hydrogens (tertiary/aromatic N) is 5. The van der Waals surface area contributed by atoms with Crippen LogP contribution in [0.15, 0.2) is 69.5 Å². The van der Waals surface area contributed by atoms with Crippen LogP contribution in [0.25, 0.3) is 21.7 Å². The Kier molecular flexibility index (Phi) is 16.7. The molecule has 3 aliphatic heterocycles. The van der Waals surface area contributed by atoms with Crippen molar-refractivity contribution in [3.63, 3.8) is 0 Å². The lowest BCUT2D eigenvalue weighted by Crippen LogP contribution is -2.52. The summed E-state index contributed by atoms with van der Waals surface area (Å²) in [7, 11) is 0. The Labute approximate surface area is 433 Å². The van der Waals surface area contributed by atoms with Crippen molar-refractivity contribution in [2.45, 2.75) is 92.3 Å². The van der Waals surface area contributed by atoms with Gasteiger partial charge in [0.2, 0.25) is 5.78 Å². The highest BCUT2D eigenvalue weighted by Crippen LogP contribution is 2.45. The summed E-state index contributed by atoms with van der Waals surface area (Å²) in [5.74, 6) is 0.382. The third-order valence-electron chi connectivity index (χ3n) is 12.3. The highest BCUT2D eigenvalue weighted by Gasteiger charge is 2.33. The number of hydrogen-bond donors (Lipinski definition) is 0. The van der Waals surface area contributed by atoms with Crippen LogP contribution in [0.5, 0.6) is 11.5 Å². The highest BCUT2D eigenvalue weighted by molar-refractivity contribution is 6.62. The molecule has 1 aliphatic carbocycles. The van der Waals surface area contributed by atoms with Crippen LogP contribution in [0, 0.1) is 0 Å². The third kappa shape index (κ3) is 13.2. The third-order valence-corrected chi connectivity index (χ3v) is 12.6. The zero-order valence-electron chi connectivity index (χ0n) is 43.0. The molecule has 0 radical (unpaired) electrons. The molecular weight excluding hydrogens is 978 g/mol. The lowest BCUT2D eigenvalue weighted by atomic mass is 9.90. The van der Waals surface area contributed by atoms with Crippen LogP contribution in [0.1, 0.15) is 123 Å². The van der Waals surface area contributed by atoms with E-state index in [1.165, 1.54) is 29.7 Å². The van der Waals surface area contributed by atoms with Crippen LogP contribution >= 0.6 is 11.6 Å². The second-order valence-electron chi connectivity index (χ2n) is 20.2. The second-order valence-corrected chi connectivity index (χ2v) is 20.6. The van der Waals surface area contributed by atoms with Gasteiger partial charge >= 0.3 is 29.7 Å². The first kappa shape index (κ1) is 54.4. The van der Waals surface area contributed by atoms with E-state index in [1.54, 1.807) is 71.9 Å². The van der Waals surface area contributed by atoms with Crippen molar-refractivity contribution >= 4 is 80.4 Å². The minimum Gasteiger partial charge on any atom is -0.449 e. The van der Waals surface area contributed by atoms with Gasteiger partial charge in [0.1, 0.15) is 11.2 Å². The summed E-state index contributed by atoms with van der Waals surface area (Å²) in [6.07, 6.45) is 1.66. The summed E-state index contributed by atoms with van der Waals surface area (Å²) in [4.78, 5) is 105. The van der Waals surface area contributed by atoms with Gasteiger partial charge in [0.25, 0.3) is 0 Å². The van der Waals surface area contributed by atoms with Gasteiger partial charge in [-0.25, -0.2) is 19.2 Å². The number of piperidine rings is 1. The van der Waals surface area contributed by atoms with E-state index < -0.39 is 34.8 Å². The number of piperazine rings is 2. The molecule has 394 valence electrons. The number of hydrogen-bond acceptors (Lipinski definition) is 14. The average molecular weight is 1040 g/mol. The molecule has 3 fully saturated rings. The molecule has 0 N–H and O–H groups in total. The Morgan fingerprint density at radius 1 is 0.514 bits per heavy atom. The molecule has 74 heavy (non-hydrogen) atoms. The maximum Gasteiger partial charge on any atom is 0.415 e. The Hall–Kier alpha value is -7.41. The van der Waals surface area contributed by atoms with E-state index in [0.29, 0.717) is 86.3 Å². The first-order valence-electron chi connectivity index (χ1n) is 24.6. The van der Waals surface area contributed by atoms with Gasteiger partial charge in [0.05, 0.1) is 5.39 Å². The normalized spacial score (nSPS) is 15.7. The van der Waals surface area contributed by atoms with Crippen molar-refractivity contribution in [2.75, 3.05) is 65.4 Å². The molecule has 20 heteroatoms. The van der Waals surface area contributed by atoms with Crippen molar-refractivity contribution in [2.24, 2.45) is 0 Å². The monoisotopic (exact) mass is 1040 g/mol. The summed E-state index contributed by atoms with van der Waals surface area (Å²) < 4.78 is 33.8. The fourth-order valence-electron chi connectivity index (χ4n) is 8.58. The van der Waals surface area contributed by atoms with Gasteiger partial charge < -0.3 is 52.3 Å². The quantitative estimate of drug-likeness (QED) is 0.0912. The molecule has 3 aromatic carbocycles. The van der Waals surface area contributed by atoms with E-state index in [-0.39, 0.29) is 65.1 Å². The largest absolute Gasteiger partial charge is 0.449 e. The van der Waals surface area contributed by atoms with Gasteiger partial charge in [0, 0.05) is 108 Å². The fraction of sp³-hybridized carbons (Fsp3) is 0.444. The van der Waals surface area contributed by atoms with Crippen molar-refractivity contribution in [1.29, 1.82) is 0 Å². The standard InChI is InChI=1S/C30H35N3O8.C14H10O3.C10H17ClN2O3/c1-19(34)23-18-22-24(39-27(35)31-12-8-5-9-13-31)20-10-6-7-11-21(20)25(26(22)38-23)40-28(36)32-14-16-33(17-15-32)29(37)41-30(2,3)4;1-8(15)12-7-10-6-9-4-2-3-5-11(9)13(16)14(10)17-12;1-10(2,3)16-9(15)13-6-4-12(5-7-13)8(11)14/h6-7,10-11,18H,5,8-9,12-17H2,1-4H3;2-5,7H,6H2,1H3;4-7H2,1-3H3. The molecule has 2 aromatic heterocycles. The van der Waals surface area contributed by atoms with E-state index in [4.69, 9.17) is 39.4 Å². The van der Waals surface area contributed by atoms with E-state index in [0.717, 1.165) is 30.4 Å². The van der Waals surface area contributed by atoms with Crippen LogP contribution in [0.3, 0.4) is 0 Å². The van der Waals surface area contributed by atoms with Gasteiger partial charge in [0.15, 0.2) is 45.9 Å². The molecule has 0 atom stereocenters. The van der Waals surface area contributed by atoms with Crippen LogP contribution in [-0.4, -0.2) is 148 Å². The first-order valence-corrected chi connectivity index (χ1v) is 24.9. The van der Waals surface area contributed by atoms with Crippen molar-refractivity contribution in [1.82, 2.24) is 24.5 Å². The molecule has 0 spiro atoms. The predicted molar refractivity (Wildman–Crippen MR) is 273 cm³/mol. The summed E-state index contributed by atoms with van der Waals surface area (Å²) in [5, 5.41) is 0.922. The van der Waals surface area contributed by atoms with Gasteiger partial charge in [-0.15, -0.1) is 0 Å². The van der Waals surface area contributed by atoms with Crippen LogP contribution in [0.2, 0.25) is 0 Å². The van der Waals surface area contributed by atoms with E-state index in [1.807, 2.05) is 39.0 Å². The van der Waals surface area contributed by atoms with Crippen LogP contribution < -0.4 is 9.47 Å². The Morgan fingerprint density at radius 3 is 1.47 bits per heavy atom. The van der Waals surface area contributed by atoms with Gasteiger partial charge in [-0.3, -0.25) is 19.2 Å². The van der Waals surface area contributed by atoms with Crippen molar-refractivity contribution in [3.05, 3.63) is 94.6 Å². The molecule has 9 rings (SSSR count). The molecule has 19 nitrogen and oxygen atoms in total. The number of Topliss-reactive ketones (excluding diaryl/α,β-unsaturated/α-hetero) is 2. The molecular formula is C54H62ClN5O14. The predicted octanol–water partition coefficient (Wildman–Crippen LogP) is 10.3. The SMILES string of the molecule is CC(=O)c1cc2c(OC(=O)N3CCCCC3)c3ccccc3c(OC(=O)N3CCN(C(=O)OC(C)(C)C)CC3)c2o1.CC(=O)c1cc2c(o1)C(=O)c1ccccc1C2.CC(C)(C)OC(=O)N1CCN(C(=O)Cl)CC1.